The first-order chi connectivity index (χ1) is 13.3. The van der Waals surface area contributed by atoms with Gasteiger partial charge in [0.1, 0.15) is 0 Å². The molecule has 0 saturated carbocycles. The second-order valence-corrected chi connectivity index (χ2v) is 6.80. The third kappa shape index (κ3) is 6.36. The molecule has 0 aromatic heterocycles. The minimum atomic E-state index is 0.484. The van der Waals surface area contributed by atoms with Gasteiger partial charge in [0.05, 0.1) is 0 Å². The van der Waals surface area contributed by atoms with Crippen LogP contribution in [-0.2, 0) is 12.8 Å². The summed E-state index contributed by atoms with van der Waals surface area (Å²) in [5.41, 5.74) is 4.17. The summed E-state index contributed by atoms with van der Waals surface area (Å²) < 4.78 is 0. The maximum Gasteiger partial charge on any atom is 0.0474 e. The van der Waals surface area contributed by atoms with Crippen molar-refractivity contribution < 1.29 is 0 Å². The lowest BCUT2D eigenvalue weighted by molar-refractivity contribution is 0.677. The van der Waals surface area contributed by atoms with E-state index in [4.69, 9.17) is 0 Å². The number of aryl methyl sites for hydroxylation is 2. The number of benzene rings is 3. The van der Waals surface area contributed by atoms with E-state index in [1.807, 2.05) is 20.1 Å². The predicted molar refractivity (Wildman–Crippen MR) is 121 cm³/mol. The SMILES string of the molecule is CC.CC1CCc2ccccc2C=N1.CCCc1ccc2ccccc2c1. The Morgan fingerprint density at radius 3 is 2.37 bits per heavy atom. The molecule has 0 spiro atoms. The van der Waals surface area contributed by atoms with Gasteiger partial charge in [0.25, 0.3) is 0 Å². The van der Waals surface area contributed by atoms with Crippen molar-refractivity contribution >= 4 is 17.0 Å². The van der Waals surface area contributed by atoms with Gasteiger partial charge in [0.15, 0.2) is 0 Å². The van der Waals surface area contributed by atoms with Crippen LogP contribution in [0.4, 0.5) is 0 Å². The highest BCUT2D eigenvalue weighted by molar-refractivity contribution is 5.83. The number of aliphatic imine (C=N–C) groups is 1. The molecule has 1 unspecified atom stereocenters. The Balaban J connectivity index is 0.000000178. The van der Waals surface area contributed by atoms with Crippen molar-refractivity contribution in [2.75, 3.05) is 0 Å². The largest absolute Gasteiger partial charge is 0.290 e. The Hall–Kier alpha value is -2.41. The van der Waals surface area contributed by atoms with Gasteiger partial charge in [-0.3, -0.25) is 4.99 Å². The van der Waals surface area contributed by atoms with Crippen molar-refractivity contribution in [3.8, 4) is 0 Å². The summed E-state index contributed by atoms with van der Waals surface area (Å²) in [5.74, 6) is 0. The quantitative estimate of drug-likeness (QED) is 0.456. The number of nitrogens with zero attached hydrogens (tertiary/aromatic N) is 1. The molecular weight excluding hydrogens is 326 g/mol. The van der Waals surface area contributed by atoms with Crippen molar-refractivity contribution in [2.45, 2.75) is 59.4 Å². The molecule has 1 aliphatic rings. The summed E-state index contributed by atoms with van der Waals surface area (Å²) in [5, 5.41) is 2.69. The molecule has 0 fully saturated rings. The van der Waals surface area contributed by atoms with Crippen LogP contribution in [0.3, 0.4) is 0 Å². The zero-order valence-corrected chi connectivity index (χ0v) is 17.3. The molecule has 27 heavy (non-hydrogen) atoms. The summed E-state index contributed by atoms with van der Waals surface area (Å²) in [6.07, 6.45) is 6.75. The fraction of sp³-hybridized carbons (Fsp3) is 0.346. The average Bonchev–Trinajstić information content (AvgIpc) is 2.92. The van der Waals surface area contributed by atoms with Crippen LogP contribution in [0, 0.1) is 0 Å². The average molecular weight is 360 g/mol. The maximum atomic E-state index is 4.44. The molecule has 1 nitrogen and oxygen atoms in total. The standard InChI is InChI=1S/C13H14.C11H13N.C2H6/c1-2-5-11-8-9-12-6-3-4-7-13(12)10-11;1-9-6-7-10-4-2-3-5-11(10)8-12-9;1-2/h3-4,6-10H,2,5H2,1H3;2-5,8-9H,6-7H2,1H3;1-2H3. The van der Waals surface area contributed by atoms with Gasteiger partial charge in [0.2, 0.25) is 0 Å². The second kappa shape index (κ2) is 11.3. The molecule has 1 heterocycles. The lowest BCUT2D eigenvalue weighted by atomic mass is 10.0. The van der Waals surface area contributed by atoms with Crippen LogP contribution in [0.15, 0.2) is 71.7 Å². The van der Waals surface area contributed by atoms with Crippen LogP contribution in [-0.4, -0.2) is 12.3 Å². The Labute approximate surface area is 165 Å². The first-order valence-corrected chi connectivity index (χ1v) is 10.3. The van der Waals surface area contributed by atoms with Crippen LogP contribution >= 0.6 is 0 Å². The number of rotatable bonds is 2. The van der Waals surface area contributed by atoms with Gasteiger partial charge in [-0.2, -0.15) is 0 Å². The minimum absolute atomic E-state index is 0.484. The van der Waals surface area contributed by atoms with Gasteiger partial charge in [-0.25, -0.2) is 0 Å². The van der Waals surface area contributed by atoms with Crippen molar-refractivity contribution in [1.29, 1.82) is 0 Å². The van der Waals surface area contributed by atoms with E-state index >= 15 is 0 Å². The van der Waals surface area contributed by atoms with Crippen molar-refractivity contribution in [3.05, 3.63) is 83.4 Å². The van der Waals surface area contributed by atoms with Crippen molar-refractivity contribution in [1.82, 2.24) is 0 Å². The maximum absolute atomic E-state index is 4.44. The van der Waals surface area contributed by atoms with Crippen LogP contribution in [0.1, 0.15) is 57.2 Å². The van der Waals surface area contributed by atoms with E-state index in [2.05, 4.69) is 85.6 Å². The summed E-state index contributed by atoms with van der Waals surface area (Å²) >= 11 is 0. The highest BCUT2D eigenvalue weighted by atomic mass is 14.8. The van der Waals surface area contributed by atoms with Crippen LogP contribution in [0.2, 0.25) is 0 Å². The fourth-order valence-electron chi connectivity index (χ4n) is 3.22. The van der Waals surface area contributed by atoms with Gasteiger partial charge >= 0.3 is 0 Å². The van der Waals surface area contributed by atoms with Crippen LogP contribution in [0.25, 0.3) is 10.8 Å². The predicted octanol–water partition coefficient (Wildman–Crippen LogP) is 7.26. The topological polar surface area (TPSA) is 12.4 Å². The van der Waals surface area contributed by atoms with E-state index in [-0.39, 0.29) is 0 Å². The van der Waals surface area contributed by atoms with Gasteiger partial charge < -0.3 is 0 Å². The Morgan fingerprint density at radius 2 is 1.59 bits per heavy atom. The third-order valence-corrected chi connectivity index (χ3v) is 4.71. The molecule has 0 N–H and O–H groups in total. The van der Waals surface area contributed by atoms with Gasteiger partial charge in [0, 0.05) is 12.3 Å². The second-order valence-electron chi connectivity index (χ2n) is 6.80. The third-order valence-electron chi connectivity index (χ3n) is 4.71. The molecule has 0 aliphatic carbocycles. The molecule has 0 bridgehead atoms. The van der Waals surface area contributed by atoms with E-state index < -0.39 is 0 Å². The van der Waals surface area contributed by atoms with E-state index in [1.54, 1.807) is 0 Å². The smallest absolute Gasteiger partial charge is 0.0474 e. The zero-order valence-electron chi connectivity index (χ0n) is 17.3. The molecule has 4 rings (SSSR count). The molecule has 142 valence electrons. The van der Waals surface area contributed by atoms with Crippen molar-refractivity contribution in [3.63, 3.8) is 0 Å². The normalized spacial score (nSPS) is 14.9. The number of hydrogen-bond acceptors (Lipinski definition) is 1. The minimum Gasteiger partial charge on any atom is -0.290 e. The zero-order chi connectivity index (χ0) is 19.5. The highest BCUT2D eigenvalue weighted by Crippen LogP contribution is 2.16. The summed E-state index contributed by atoms with van der Waals surface area (Å²) in [6, 6.07) is 24.2. The van der Waals surface area contributed by atoms with Crippen LogP contribution < -0.4 is 0 Å². The molecular formula is C26H33N. The van der Waals surface area contributed by atoms with E-state index in [0.717, 1.165) is 6.42 Å². The first kappa shape index (κ1) is 20.9. The fourth-order valence-corrected chi connectivity index (χ4v) is 3.22. The molecule has 0 saturated heterocycles. The van der Waals surface area contributed by atoms with Gasteiger partial charge in [-0.15, -0.1) is 0 Å². The molecule has 3 aromatic rings. The van der Waals surface area contributed by atoms with E-state index in [0.29, 0.717) is 6.04 Å². The van der Waals surface area contributed by atoms with Gasteiger partial charge in [-0.1, -0.05) is 93.9 Å². The van der Waals surface area contributed by atoms with E-state index in [1.165, 1.54) is 46.7 Å². The summed E-state index contributed by atoms with van der Waals surface area (Å²) in [7, 11) is 0. The first-order valence-electron chi connectivity index (χ1n) is 10.3. The Morgan fingerprint density at radius 1 is 0.889 bits per heavy atom. The van der Waals surface area contributed by atoms with E-state index in [9.17, 15) is 0 Å². The monoisotopic (exact) mass is 359 g/mol. The van der Waals surface area contributed by atoms with Gasteiger partial charge in [-0.05, 0) is 53.6 Å². The molecule has 0 amide bonds. The van der Waals surface area contributed by atoms with Crippen molar-refractivity contribution in [2.24, 2.45) is 4.99 Å². The molecule has 1 heteroatoms. The number of fused-ring (bicyclic) bond motifs is 2. The highest BCUT2D eigenvalue weighted by Gasteiger charge is 2.06. The summed E-state index contributed by atoms with van der Waals surface area (Å²) in [4.78, 5) is 4.44. The molecule has 1 atom stereocenters. The molecule has 3 aromatic carbocycles. The molecule has 0 radical (unpaired) electrons. The Bertz CT molecular complexity index is 847. The Kier molecular flexibility index (Phi) is 8.77. The lowest BCUT2D eigenvalue weighted by Crippen LogP contribution is -1.96. The lowest BCUT2D eigenvalue weighted by Gasteiger charge is -2.01. The number of hydrogen-bond donors (Lipinski definition) is 0. The summed E-state index contributed by atoms with van der Waals surface area (Å²) in [6.45, 7) is 8.39. The molecule has 1 aliphatic heterocycles. The van der Waals surface area contributed by atoms with Crippen LogP contribution in [0.5, 0.6) is 0 Å².